The molecule has 1 amide bonds. The van der Waals surface area contributed by atoms with Gasteiger partial charge in [-0.3, -0.25) is 4.79 Å². The Kier molecular flexibility index (Phi) is 9.57. The van der Waals surface area contributed by atoms with E-state index in [0.29, 0.717) is 0 Å². The van der Waals surface area contributed by atoms with Crippen molar-refractivity contribution in [2.24, 2.45) is 5.73 Å². The number of carbonyl (C=O) groups is 1. The number of nitrogens with one attached hydrogen (secondary N) is 1. The quantitative estimate of drug-likeness (QED) is 0.545. The third-order valence-electron chi connectivity index (χ3n) is 4.11. The third-order valence-corrected chi connectivity index (χ3v) is 4.11. The highest BCUT2D eigenvalue weighted by Crippen LogP contribution is 2.14. The van der Waals surface area contributed by atoms with Crippen LogP contribution in [0.25, 0.3) is 0 Å². The normalized spacial score (nSPS) is 13.6. The van der Waals surface area contributed by atoms with E-state index in [1.807, 2.05) is 24.3 Å². The van der Waals surface area contributed by atoms with Gasteiger partial charge in [-0.15, -0.1) is 0 Å². The summed E-state index contributed by atoms with van der Waals surface area (Å²) in [5.41, 5.74) is 7.61. The van der Waals surface area contributed by atoms with Crippen LogP contribution in [0.15, 0.2) is 24.3 Å². The van der Waals surface area contributed by atoms with Gasteiger partial charge in [0.05, 0.1) is 6.10 Å². The lowest BCUT2D eigenvalue weighted by molar-refractivity contribution is -0.119. The Balaban J connectivity index is 2.27. The number of anilines is 1. The van der Waals surface area contributed by atoms with Crippen molar-refractivity contribution in [3.8, 4) is 0 Å². The average Bonchev–Trinajstić information content (AvgIpc) is 2.54. The Labute approximate surface area is 140 Å². The molecule has 0 aliphatic carbocycles. The number of rotatable bonds is 11. The van der Waals surface area contributed by atoms with Crippen molar-refractivity contribution in [1.29, 1.82) is 0 Å². The Morgan fingerprint density at radius 3 is 2.22 bits per heavy atom. The lowest BCUT2D eigenvalue weighted by atomic mass is 10.0. The maximum Gasteiger partial charge on any atom is 0.243 e. The summed E-state index contributed by atoms with van der Waals surface area (Å²) in [7, 11) is 0. The van der Waals surface area contributed by atoms with Gasteiger partial charge in [-0.25, -0.2) is 0 Å². The predicted octanol–water partition coefficient (Wildman–Crippen LogP) is 3.63. The average molecular weight is 320 g/mol. The van der Waals surface area contributed by atoms with Crippen LogP contribution < -0.4 is 11.1 Å². The molecule has 4 nitrogen and oxygen atoms in total. The summed E-state index contributed by atoms with van der Waals surface area (Å²) in [4.78, 5) is 11.8. The minimum Gasteiger partial charge on any atom is -0.391 e. The zero-order chi connectivity index (χ0) is 17.1. The van der Waals surface area contributed by atoms with Crippen LogP contribution in [0.4, 0.5) is 5.69 Å². The van der Waals surface area contributed by atoms with Crippen molar-refractivity contribution in [2.45, 2.75) is 77.4 Å². The van der Waals surface area contributed by atoms with Crippen LogP contribution in [0.1, 0.15) is 64.4 Å². The second-order valence-corrected chi connectivity index (χ2v) is 6.32. The van der Waals surface area contributed by atoms with Crippen LogP contribution in [-0.4, -0.2) is 23.2 Å². The van der Waals surface area contributed by atoms with Crippen LogP contribution in [0, 0.1) is 0 Å². The number of benzene rings is 1. The smallest absolute Gasteiger partial charge is 0.243 e. The topological polar surface area (TPSA) is 75.4 Å². The van der Waals surface area contributed by atoms with Crippen molar-refractivity contribution in [1.82, 2.24) is 0 Å². The van der Waals surface area contributed by atoms with Crippen LogP contribution in [0.5, 0.6) is 0 Å². The number of nitrogens with two attached hydrogens (primary N) is 1. The molecule has 23 heavy (non-hydrogen) atoms. The van der Waals surface area contributed by atoms with E-state index in [9.17, 15) is 9.90 Å². The molecule has 4 N–H and O–H groups in total. The van der Waals surface area contributed by atoms with E-state index in [0.717, 1.165) is 12.1 Å². The highest BCUT2D eigenvalue weighted by molar-refractivity contribution is 5.95. The fourth-order valence-electron chi connectivity index (χ4n) is 2.49. The van der Waals surface area contributed by atoms with Gasteiger partial charge in [0.1, 0.15) is 6.04 Å². The first-order valence-corrected chi connectivity index (χ1v) is 8.88. The number of aliphatic hydroxyl groups is 1. The molecule has 0 radical (unpaired) electrons. The van der Waals surface area contributed by atoms with E-state index in [1.54, 1.807) is 0 Å². The molecule has 1 aromatic carbocycles. The summed E-state index contributed by atoms with van der Waals surface area (Å²) < 4.78 is 0. The molecule has 0 saturated heterocycles. The minimum atomic E-state index is -0.901. The molecule has 2 atom stereocenters. The Morgan fingerprint density at radius 2 is 1.65 bits per heavy atom. The monoisotopic (exact) mass is 320 g/mol. The van der Waals surface area contributed by atoms with Gasteiger partial charge in [0.2, 0.25) is 5.91 Å². The van der Waals surface area contributed by atoms with Gasteiger partial charge < -0.3 is 16.2 Å². The number of unbranched alkanes of at least 4 members (excludes halogenated alkanes) is 6. The van der Waals surface area contributed by atoms with Crippen LogP contribution in [0.3, 0.4) is 0 Å². The first-order valence-electron chi connectivity index (χ1n) is 8.88. The van der Waals surface area contributed by atoms with Crippen LogP contribution in [-0.2, 0) is 11.2 Å². The van der Waals surface area contributed by atoms with Gasteiger partial charge in [0.15, 0.2) is 0 Å². The fraction of sp³-hybridized carbons (Fsp3) is 0.632. The van der Waals surface area contributed by atoms with Gasteiger partial charge in [-0.1, -0.05) is 57.6 Å². The number of hydrogen-bond acceptors (Lipinski definition) is 3. The molecular formula is C19H32N2O2. The molecule has 0 spiro atoms. The SMILES string of the molecule is CCCCCCCCCc1ccc(NC(=O)[C@@H](N)[C@@H](C)O)cc1. The Morgan fingerprint density at radius 1 is 1.09 bits per heavy atom. The zero-order valence-corrected chi connectivity index (χ0v) is 14.6. The van der Waals surface area contributed by atoms with Crippen LogP contribution in [0.2, 0.25) is 0 Å². The second kappa shape index (κ2) is 11.2. The molecule has 0 unspecified atom stereocenters. The van der Waals surface area contributed by atoms with Gasteiger partial charge in [0.25, 0.3) is 0 Å². The Bertz CT molecular complexity index is 443. The standard InChI is InChI=1S/C19H32N2O2/c1-3-4-5-6-7-8-9-10-16-11-13-17(14-12-16)21-19(23)18(20)15(2)22/h11-15,18,22H,3-10,20H2,1-2H3,(H,21,23)/t15-,18+/m1/s1. The summed E-state index contributed by atoms with van der Waals surface area (Å²) in [6.45, 7) is 3.75. The van der Waals surface area contributed by atoms with E-state index in [-0.39, 0.29) is 5.91 Å². The number of hydrogen-bond donors (Lipinski definition) is 3. The molecule has 0 aliphatic heterocycles. The maximum absolute atomic E-state index is 11.8. The lowest BCUT2D eigenvalue weighted by Gasteiger charge is -2.14. The van der Waals surface area contributed by atoms with E-state index in [1.165, 1.54) is 57.4 Å². The molecule has 0 fully saturated rings. The van der Waals surface area contributed by atoms with E-state index < -0.39 is 12.1 Å². The van der Waals surface area contributed by atoms with E-state index >= 15 is 0 Å². The van der Waals surface area contributed by atoms with Crippen LogP contribution >= 0.6 is 0 Å². The fourth-order valence-corrected chi connectivity index (χ4v) is 2.49. The molecular weight excluding hydrogens is 288 g/mol. The summed E-state index contributed by atoms with van der Waals surface area (Å²) in [5.74, 6) is -0.361. The van der Waals surface area contributed by atoms with Crippen molar-refractivity contribution in [2.75, 3.05) is 5.32 Å². The highest BCUT2D eigenvalue weighted by atomic mass is 16.3. The van der Waals surface area contributed by atoms with Crippen molar-refractivity contribution < 1.29 is 9.90 Å². The molecule has 0 aliphatic rings. The second-order valence-electron chi connectivity index (χ2n) is 6.32. The minimum absolute atomic E-state index is 0.361. The zero-order valence-electron chi connectivity index (χ0n) is 14.6. The summed E-state index contributed by atoms with van der Waals surface area (Å²) >= 11 is 0. The van der Waals surface area contributed by atoms with Crippen molar-refractivity contribution in [3.63, 3.8) is 0 Å². The summed E-state index contributed by atoms with van der Waals surface area (Å²) in [5, 5.41) is 12.0. The van der Waals surface area contributed by atoms with E-state index in [2.05, 4.69) is 12.2 Å². The number of carbonyl (C=O) groups excluding carboxylic acids is 1. The predicted molar refractivity (Wildman–Crippen MR) is 96.4 cm³/mol. The molecule has 0 bridgehead atoms. The van der Waals surface area contributed by atoms with Gasteiger partial charge >= 0.3 is 0 Å². The van der Waals surface area contributed by atoms with Gasteiger partial charge in [0, 0.05) is 5.69 Å². The lowest BCUT2D eigenvalue weighted by Crippen LogP contribution is -2.43. The highest BCUT2D eigenvalue weighted by Gasteiger charge is 2.18. The molecule has 1 aromatic rings. The maximum atomic E-state index is 11.8. The van der Waals surface area contributed by atoms with Crippen molar-refractivity contribution in [3.05, 3.63) is 29.8 Å². The largest absolute Gasteiger partial charge is 0.391 e. The number of aryl methyl sites for hydroxylation is 1. The molecule has 0 heterocycles. The molecule has 130 valence electrons. The third kappa shape index (κ3) is 8.14. The number of aliphatic hydroxyl groups excluding tert-OH is 1. The van der Waals surface area contributed by atoms with Gasteiger partial charge in [-0.2, -0.15) is 0 Å². The first-order chi connectivity index (χ1) is 11.0. The van der Waals surface area contributed by atoms with E-state index in [4.69, 9.17) is 5.73 Å². The summed E-state index contributed by atoms with van der Waals surface area (Å²) in [6.07, 6.45) is 9.40. The molecule has 0 saturated carbocycles. The molecule has 1 rings (SSSR count). The number of amides is 1. The van der Waals surface area contributed by atoms with Crippen molar-refractivity contribution >= 4 is 11.6 Å². The molecule has 4 heteroatoms. The first kappa shape index (κ1) is 19.7. The van der Waals surface area contributed by atoms with Gasteiger partial charge in [-0.05, 0) is 37.5 Å². The summed E-state index contributed by atoms with van der Waals surface area (Å²) in [6, 6.07) is 6.97. The molecule has 0 aromatic heterocycles. The Hall–Kier alpha value is -1.39.